The zero-order valence-electron chi connectivity index (χ0n) is 17.3. The van der Waals surface area contributed by atoms with Crippen LogP contribution < -0.4 is 16.5 Å². The molecule has 0 heterocycles. The Bertz CT molecular complexity index is 1270. The molecule has 4 rings (SSSR count). The second-order valence-corrected chi connectivity index (χ2v) is 8.44. The van der Waals surface area contributed by atoms with Crippen molar-refractivity contribution in [3.63, 3.8) is 0 Å². The fourth-order valence-electron chi connectivity index (χ4n) is 3.99. The highest BCUT2D eigenvalue weighted by Gasteiger charge is 2.28. The molecule has 0 fully saturated rings. The van der Waals surface area contributed by atoms with Gasteiger partial charge in [0.05, 0.1) is 10.9 Å². The highest BCUT2D eigenvalue weighted by Crippen LogP contribution is 2.48. The molecule has 8 heteroatoms. The first kappa shape index (κ1) is 21.6. The number of phenolic OH excluding ortho intramolecular Hbond substituents is 3. The summed E-state index contributed by atoms with van der Waals surface area (Å²) < 4.78 is 0. The van der Waals surface area contributed by atoms with Crippen LogP contribution in [-0.4, -0.2) is 27.5 Å². The van der Waals surface area contributed by atoms with Crippen LogP contribution in [0.3, 0.4) is 0 Å². The van der Waals surface area contributed by atoms with E-state index in [1.54, 1.807) is 42.7 Å². The number of thioether (sulfide) groups is 1. The molecule has 164 valence electrons. The van der Waals surface area contributed by atoms with E-state index in [-0.39, 0.29) is 11.3 Å². The standard InChI is InChI=1S/C24H22N2O5S/c1-32-20-9-7-15-16(11-18(20)27)17(26-24(31)12-2-5-14(25)6-3-12)8-4-13-10-19(28)22(29)23(30)21(13)15/h2-3,5-7,9-11,17,28-30H,4,8,25H2,1H3,(H,26,31). The Morgan fingerprint density at radius 1 is 1.06 bits per heavy atom. The minimum atomic E-state index is -0.627. The maximum Gasteiger partial charge on any atom is 0.251 e. The number of nitrogen functional groups attached to an aromatic ring is 1. The van der Waals surface area contributed by atoms with Gasteiger partial charge in [-0.05, 0) is 78.3 Å². The van der Waals surface area contributed by atoms with Crippen LogP contribution in [-0.2, 0) is 6.42 Å². The number of aryl methyl sites for hydroxylation is 1. The molecule has 0 bridgehead atoms. The molecule has 7 nitrogen and oxygen atoms in total. The molecule has 1 amide bonds. The van der Waals surface area contributed by atoms with Gasteiger partial charge in [0.15, 0.2) is 16.9 Å². The molecule has 0 spiro atoms. The van der Waals surface area contributed by atoms with Crippen LogP contribution in [0.4, 0.5) is 5.69 Å². The Hall–Kier alpha value is -3.65. The van der Waals surface area contributed by atoms with Gasteiger partial charge in [0.25, 0.3) is 5.91 Å². The molecular formula is C24H22N2O5S. The summed E-state index contributed by atoms with van der Waals surface area (Å²) in [5.41, 5.74) is 8.43. The van der Waals surface area contributed by atoms with Gasteiger partial charge in [-0.2, -0.15) is 0 Å². The highest BCUT2D eigenvalue weighted by atomic mass is 32.2. The van der Waals surface area contributed by atoms with Crippen LogP contribution in [0.25, 0.3) is 11.1 Å². The summed E-state index contributed by atoms with van der Waals surface area (Å²) in [6.07, 6.45) is 2.60. The number of benzene rings is 2. The van der Waals surface area contributed by atoms with Crippen molar-refractivity contribution in [1.29, 1.82) is 0 Å². The van der Waals surface area contributed by atoms with Gasteiger partial charge in [-0.1, -0.05) is 6.07 Å². The van der Waals surface area contributed by atoms with Gasteiger partial charge in [0.1, 0.15) is 0 Å². The molecule has 1 aliphatic rings. The lowest BCUT2D eigenvalue weighted by atomic mass is 9.95. The lowest BCUT2D eigenvalue weighted by Crippen LogP contribution is -2.29. The molecule has 0 saturated carbocycles. The normalized spacial score (nSPS) is 14.7. The van der Waals surface area contributed by atoms with E-state index in [1.807, 2.05) is 0 Å². The van der Waals surface area contributed by atoms with Gasteiger partial charge in [-0.15, -0.1) is 11.8 Å². The van der Waals surface area contributed by atoms with Gasteiger partial charge in [0, 0.05) is 16.8 Å². The summed E-state index contributed by atoms with van der Waals surface area (Å²) in [7, 11) is 0. The summed E-state index contributed by atoms with van der Waals surface area (Å²) >= 11 is 1.29. The first-order valence-electron chi connectivity index (χ1n) is 9.96. The third-order valence-electron chi connectivity index (χ3n) is 5.62. The number of carbonyl (C=O) groups excluding carboxylic acids is 1. The molecule has 3 aromatic carbocycles. The Balaban J connectivity index is 1.88. The second-order valence-electron chi connectivity index (χ2n) is 7.59. The van der Waals surface area contributed by atoms with Crippen molar-refractivity contribution in [2.24, 2.45) is 0 Å². The number of hydrogen-bond donors (Lipinski definition) is 5. The summed E-state index contributed by atoms with van der Waals surface area (Å²) in [4.78, 5) is 26.2. The maximum absolute atomic E-state index is 12.9. The topological polar surface area (TPSA) is 133 Å². The number of phenols is 3. The molecule has 6 N–H and O–H groups in total. The largest absolute Gasteiger partial charge is 0.504 e. The SMILES string of the molecule is CSc1ccc2c(cc1=O)C(NC(=O)c1ccc(N)cc1)CCc1cc(O)c(O)c(O)c1-2. The second kappa shape index (κ2) is 8.47. The predicted octanol–water partition coefficient (Wildman–Crippen LogP) is 3.55. The summed E-state index contributed by atoms with van der Waals surface area (Å²) in [5, 5.41) is 33.8. The number of amides is 1. The van der Waals surface area contributed by atoms with Crippen LogP contribution >= 0.6 is 11.8 Å². The molecule has 1 unspecified atom stereocenters. The average Bonchev–Trinajstić information content (AvgIpc) is 3.01. The van der Waals surface area contributed by atoms with E-state index in [2.05, 4.69) is 5.32 Å². The summed E-state index contributed by atoms with van der Waals surface area (Å²) in [6.45, 7) is 0. The minimum Gasteiger partial charge on any atom is -0.504 e. The first-order chi connectivity index (χ1) is 15.3. The van der Waals surface area contributed by atoms with E-state index in [1.165, 1.54) is 23.9 Å². The predicted molar refractivity (Wildman–Crippen MR) is 124 cm³/mol. The number of aromatic hydroxyl groups is 3. The number of rotatable bonds is 3. The van der Waals surface area contributed by atoms with Gasteiger partial charge < -0.3 is 26.4 Å². The van der Waals surface area contributed by atoms with Crippen molar-refractivity contribution in [3.8, 4) is 28.4 Å². The Morgan fingerprint density at radius 2 is 1.78 bits per heavy atom. The highest BCUT2D eigenvalue weighted by molar-refractivity contribution is 7.98. The molecule has 0 saturated heterocycles. The van der Waals surface area contributed by atoms with E-state index in [9.17, 15) is 24.9 Å². The minimum absolute atomic E-state index is 0.212. The van der Waals surface area contributed by atoms with Crippen molar-refractivity contribution in [2.45, 2.75) is 23.8 Å². The average molecular weight is 451 g/mol. The third-order valence-corrected chi connectivity index (χ3v) is 6.40. The molecule has 0 aromatic heterocycles. The van der Waals surface area contributed by atoms with Crippen LogP contribution in [0, 0.1) is 0 Å². The number of fused-ring (bicyclic) bond motifs is 3. The lowest BCUT2D eigenvalue weighted by molar-refractivity contribution is 0.0935. The van der Waals surface area contributed by atoms with E-state index < -0.39 is 23.3 Å². The third kappa shape index (κ3) is 3.85. The lowest BCUT2D eigenvalue weighted by Gasteiger charge is -2.18. The molecule has 3 aromatic rings. The zero-order chi connectivity index (χ0) is 23.0. The number of anilines is 1. The molecule has 0 radical (unpaired) electrons. The fourth-order valence-corrected chi connectivity index (χ4v) is 4.45. The van der Waals surface area contributed by atoms with E-state index in [0.29, 0.717) is 51.2 Å². The Labute approximate surface area is 188 Å². The molecule has 0 aliphatic heterocycles. The van der Waals surface area contributed by atoms with E-state index in [4.69, 9.17) is 5.73 Å². The quantitative estimate of drug-likeness (QED) is 0.234. The van der Waals surface area contributed by atoms with E-state index in [0.717, 1.165) is 0 Å². The van der Waals surface area contributed by atoms with Crippen molar-refractivity contribution >= 4 is 23.4 Å². The molecular weight excluding hydrogens is 428 g/mol. The summed E-state index contributed by atoms with van der Waals surface area (Å²) in [5.74, 6) is -1.85. The van der Waals surface area contributed by atoms with Crippen LogP contribution in [0.2, 0.25) is 0 Å². The first-order valence-corrected chi connectivity index (χ1v) is 11.2. The van der Waals surface area contributed by atoms with Gasteiger partial charge in [0.2, 0.25) is 5.75 Å². The molecule has 1 atom stereocenters. The maximum atomic E-state index is 12.9. The van der Waals surface area contributed by atoms with Crippen molar-refractivity contribution in [3.05, 3.63) is 75.4 Å². The number of nitrogens with one attached hydrogen (secondary N) is 1. The number of hydrogen-bond acceptors (Lipinski definition) is 7. The van der Waals surface area contributed by atoms with Crippen LogP contribution in [0.1, 0.15) is 33.9 Å². The van der Waals surface area contributed by atoms with Gasteiger partial charge in [-0.25, -0.2) is 0 Å². The smallest absolute Gasteiger partial charge is 0.251 e. The molecule has 32 heavy (non-hydrogen) atoms. The van der Waals surface area contributed by atoms with Gasteiger partial charge in [-0.3, -0.25) is 9.59 Å². The Kier molecular flexibility index (Phi) is 5.71. The van der Waals surface area contributed by atoms with Gasteiger partial charge >= 0.3 is 0 Å². The van der Waals surface area contributed by atoms with Crippen molar-refractivity contribution in [1.82, 2.24) is 5.32 Å². The van der Waals surface area contributed by atoms with Crippen molar-refractivity contribution < 1.29 is 20.1 Å². The number of nitrogens with two attached hydrogens (primary N) is 1. The zero-order valence-corrected chi connectivity index (χ0v) is 18.1. The van der Waals surface area contributed by atoms with E-state index >= 15 is 0 Å². The molecule has 1 aliphatic carbocycles. The number of carbonyl (C=O) groups is 1. The Morgan fingerprint density at radius 3 is 2.47 bits per heavy atom. The van der Waals surface area contributed by atoms with Crippen LogP contribution in [0.5, 0.6) is 17.2 Å². The summed E-state index contributed by atoms with van der Waals surface area (Å²) in [6, 6.07) is 12.2. The monoisotopic (exact) mass is 450 g/mol. The van der Waals surface area contributed by atoms with Crippen LogP contribution in [0.15, 0.2) is 58.2 Å². The fraction of sp³-hybridized carbons (Fsp3) is 0.167. The van der Waals surface area contributed by atoms with Crippen molar-refractivity contribution in [2.75, 3.05) is 12.0 Å².